The summed E-state index contributed by atoms with van der Waals surface area (Å²) >= 11 is 2.10. The van der Waals surface area contributed by atoms with Crippen molar-refractivity contribution >= 4 is 11.8 Å². The molecule has 0 aliphatic carbocycles. The number of nitrogens with one attached hydrogen (secondary N) is 1. The molecule has 1 aliphatic rings. The minimum atomic E-state index is 0.606. The Balaban J connectivity index is 1.96. The topological polar surface area (TPSA) is 24.9 Å². The fourth-order valence-corrected chi connectivity index (χ4v) is 3.95. The maximum Gasteiger partial charge on any atom is 0.0419 e. The van der Waals surface area contributed by atoms with E-state index in [9.17, 15) is 0 Å². The summed E-state index contributed by atoms with van der Waals surface area (Å²) in [6.07, 6.45) is 6.76. The van der Waals surface area contributed by atoms with Gasteiger partial charge in [0.15, 0.2) is 0 Å². The standard InChI is InChI=1S/C16H26N2S/c1-3-8-17-16(14-7-9-19-12-14)10-15-6-5-13(4-2)11-18-15/h5-6,11,14,16-17H,3-4,7-10,12H2,1-2H3. The van der Waals surface area contributed by atoms with E-state index in [2.05, 4.69) is 48.0 Å². The summed E-state index contributed by atoms with van der Waals surface area (Å²) in [5.74, 6) is 3.47. The van der Waals surface area contributed by atoms with Crippen molar-refractivity contribution in [2.24, 2.45) is 5.92 Å². The summed E-state index contributed by atoms with van der Waals surface area (Å²) < 4.78 is 0. The van der Waals surface area contributed by atoms with Crippen LogP contribution in [0.3, 0.4) is 0 Å². The van der Waals surface area contributed by atoms with Crippen LogP contribution in [0.25, 0.3) is 0 Å². The Morgan fingerprint density at radius 3 is 2.89 bits per heavy atom. The Hall–Kier alpha value is -0.540. The van der Waals surface area contributed by atoms with Crippen LogP contribution >= 0.6 is 11.8 Å². The molecule has 1 saturated heterocycles. The highest BCUT2D eigenvalue weighted by Gasteiger charge is 2.25. The van der Waals surface area contributed by atoms with E-state index in [-0.39, 0.29) is 0 Å². The Labute approximate surface area is 121 Å². The summed E-state index contributed by atoms with van der Waals surface area (Å²) in [5, 5.41) is 3.74. The minimum Gasteiger partial charge on any atom is -0.313 e. The molecular weight excluding hydrogens is 252 g/mol. The van der Waals surface area contributed by atoms with Gasteiger partial charge in [0, 0.05) is 24.4 Å². The molecule has 1 fully saturated rings. The van der Waals surface area contributed by atoms with Gasteiger partial charge in [0.2, 0.25) is 0 Å². The molecule has 2 unspecified atom stereocenters. The van der Waals surface area contributed by atoms with Crippen LogP contribution in [0.5, 0.6) is 0 Å². The number of rotatable bonds is 7. The minimum absolute atomic E-state index is 0.606. The molecule has 2 rings (SSSR count). The molecule has 1 N–H and O–H groups in total. The van der Waals surface area contributed by atoms with E-state index in [1.807, 2.05) is 6.20 Å². The van der Waals surface area contributed by atoms with Gasteiger partial charge >= 0.3 is 0 Å². The Bertz CT molecular complexity index is 358. The summed E-state index contributed by atoms with van der Waals surface area (Å²) in [5.41, 5.74) is 2.57. The second-order valence-corrected chi connectivity index (χ2v) is 6.55. The van der Waals surface area contributed by atoms with Crippen molar-refractivity contribution in [3.63, 3.8) is 0 Å². The number of pyridine rings is 1. The van der Waals surface area contributed by atoms with Gasteiger partial charge in [0.05, 0.1) is 0 Å². The molecule has 1 aliphatic heterocycles. The lowest BCUT2D eigenvalue weighted by atomic mass is 9.94. The highest BCUT2D eigenvalue weighted by molar-refractivity contribution is 7.99. The molecule has 2 nitrogen and oxygen atoms in total. The monoisotopic (exact) mass is 278 g/mol. The molecule has 0 aromatic carbocycles. The molecule has 3 heteroatoms. The lowest BCUT2D eigenvalue weighted by Gasteiger charge is -2.24. The predicted molar refractivity (Wildman–Crippen MR) is 84.8 cm³/mol. The number of nitrogens with zero attached hydrogens (tertiary/aromatic N) is 1. The molecule has 106 valence electrons. The van der Waals surface area contributed by atoms with E-state index < -0.39 is 0 Å². The van der Waals surface area contributed by atoms with Crippen molar-refractivity contribution in [3.8, 4) is 0 Å². The number of aromatic nitrogens is 1. The Morgan fingerprint density at radius 2 is 2.32 bits per heavy atom. The number of aryl methyl sites for hydroxylation is 1. The van der Waals surface area contributed by atoms with Crippen molar-refractivity contribution in [1.82, 2.24) is 10.3 Å². The van der Waals surface area contributed by atoms with Crippen molar-refractivity contribution in [2.45, 2.75) is 45.6 Å². The largest absolute Gasteiger partial charge is 0.313 e. The number of hydrogen-bond donors (Lipinski definition) is 1. The first kappa shape index (κ1) is 14.9. The van der Waals surface area contributed by atoms with Crippen LogP contribution in [0.1, 0.15) is 37.9 Å². The van der Waals surface area contributed by atoms with Gasteiger partial charge in [-0.25, -0.2) is 0 Å². The number of hydrogen-bond acceptors (Lipinski definition) is 3. The Kier molecular flexibility index (Phi) is 6.18. The predicted octanol–water partition coefficient (Wildman–Crippen LogP) is 3.31. The van der Waals surface area contributed by atoms with Crippen molar-refractivity contribution < 1.29 is 0 Å². The van der Waals surface area contributed by atoms with E-state index in [4.69, 9.17) is 0 Å². The van der Waals surface area contributed by atoms with Gasteiger partial charge in [0.25, 0.3) is 0 Å². The van der Waals surface area contributed by atoms with Gasteiger partial charge in [0.1, 0.15) is 0 Å². The average molecular weight is 278 g/mol. The van der Waals surface area contributed by atoms with Crippen LogP contribution < -0.4 is 5.32 Å². The highest BCUT2D eigenvalue weighted by atomic mass is 32.2. The van der Waals surface area contributed by atoms with Gasteiger partial charge in [-0.05, 0) is 54.9 Å². The van der Waals surface area contributed by atoms with Crippen molar-refractivity contribution in [2.75, 3.05) is 18.1 Å². The summed E-state index contributed by atoms with van der Waals surface area (Å²) in [4.78, 5) is 4.62. The normalized spacial score (nSPS) is 20.6. The average Bonchev–Trinajstić information content (AvgIpc) is 2.98. The first-order valence-corrected chi connectivity index (χ1v) is 8.73. The highest BCUT2D eigenvalue weighted by Crippen LogP contribution is 2.27. The maximum atomic E-state index is 4.62. The van der Waals surface area contributed by atoms with Gasteiger partial charge in [-0.3, -0.25) is 4.98 Å². The maximum absolute atomic E-state index is 4.62. The zero-order chi connectivity index (χ0) is 13.5. The molecule has 1 aromatic heterocycles. The molecule has 0 spiro atoms. The van der Waals surface area contributed by atoms with Gasteiger partial charge in [-0.1, -0.05) is 19.9 Å². The second kappa shape index (κ2) is 7.91. The lowest BCUT2D eigenvalue weighted by molar-refractivity contribution is 0.377. The molecule has 0 amide bonds. The summed E-state index contributed by atoms with van der Waals surface area (Å²) in [6, 6.07) is 5.04. The van der Waals surface area contributed by atoms with Gasteiger partial charge in [-0.15, -0.1) is 0 Å². The third kappa shape index (κ3) is 4.50. The molecule has 0 radical (unpaired) electrons. The van der Waals surface area contributed by atoms with Crippen LogP contribution in [-0.2, 0) is 12.8 Å². The number of thioether (sulfide) groups is 1. The van der Waals surface area contributed by atoms with Crippen LogP contribution in [0.15, 0.2) is 18.3 Å². The quantitative estimate of drug-likeness (QED) is 0.828. The molecule has 1 aromatic rings. The fourth-order valence-electron chi connectivity index (χ4n) is 2.62. The Morgan fingerprint density at radius 1 is 1.42 bits per heavy atom. The first-order valence-electron chi connectivity index (χ1n) is 7.58. The first-order chi connectivity index (χ1) is 9.33. The summed E-state index contributed by atoms with van der Waals surface area (Å²) in [7, 11) is 0. The smallest absolute Gasteiger partial charge is 0.0419 e. The van der Waals surface area contributed by atoms with Gasteiger partial charge < -0.3 is 5.32 Å². The SMILES string of the molecule is CCCNC(Cc1ccc(CC)cn1)C1CCSC1. The molecule has 2 heterocycles. The van der Waals surface area contributed by atoms with Gasteiger partial charge in [-0.2, -0.15) is 11.8 Å². The third-order valence-corrected chi connectivity index (χ3v) is 5.10. The van der Waals surface area contributed by atoms with Crippen molar-refractivity contribution in [1.29, 1.82) is 0 Å². The second-order valence-electron chi connectivity index (χ2n) is 5.40. The summed E-state index contributed by atoms with van der Waals surface area (Å²) in [6.45, 7) is 5.54. The van der Waals surface area contributed by atoms with Crippen LogP contribution in [0.4, 0.5) is 0 Å². The molecule has 2 atom stereocenters. The van der Waals surface area contributed by atoms with E-state index in [1.165, 1.54) is 35.6 Å². The lowest BCUT2D eigenvalue weighted by Crippen LogP contribution is -2.38. The molecular formula is C16H26N2S. The zero-order valence-electron chi connectivity index (χ0n) is 12.2. The van der Waals surface area contributed by atoms with E-state index in [0.717, 1.165) is 25.3 Å². The molecule has 19 heavy (non-hydrogen) atoms. The van der Waals surface area contributed by atoms with E-state index in [1.54, 1.807) is 0 Å². The van der Waals surface area contributed by atoms with E-state index >= 15 is 0 Å². The van der Waals surface area contributed by atoms with Crippen molar-refractivity contribution in [3.05, 3.63) is 29.6 Å². The van der Waals surface area contributed by atoms with Crippen LogP contribution in [0.2, 0.25) is 0 Å². The third-order valence-electron chi connectivity index (χ3n) is 3.91. The van der Waals surface area contributed by atoms with E-state index in [0.29, 0.717) is 6.04 Å². The molecule has 0 bridgehead atoms. The van der Waals surface area contributed by atoms with Crippen LogP contribution in [0, 0.1) is 5.92 Å². The fraction of sp³-hybridized carbons (Fsp3) is 0.688. The zero-order valence-corrected chi connectivity index (χ0v) is 13.0. The van der Waals surface area contributed by atoms with Crippen LogP contribution in [-0.4, -0.2) is 29.1 Å². The molecule has 0 saturated carbocycles.